The zero-order chi connectivity index (χ0) is 12.0. The number of anilines is 1. The lowest BCUT2D eigenvalue weighted by Gasteiger charge is -2.22. The van der Waals surface area contributed by atoms with Gasteiger partial charge in [0, 0.05) is 13.1 Å². The molecule has 0 bridgehead atoms. The van der Waals surface area contributed by atoms with E-state index in [1.807, 2.05) is 11.0 Å². The molecule has 1 saturated carbocycles. The van der Waals surface area contributed by atoms with E-state index < -0.39 is 5.82 Å². The number of nitriles is 1. The highest BCUT2D eigenvalue weighted by Crippen LogP contribution is 2.47. The summed E-state index contributed by atoms with van der Waals surface area (Å²) >= 11 is 0. The summed E-state index contributed by atoms with van der Waals surface area (Å²) in [6.45, 7) is 1.47. The topological polar surface area (TPSA) is 47.3 Å². The molecule has 0 aromatic heterocycles. The second-order valence-corrected chi connectivity index (χ2v) is 4.90. The lowest BCUT2D eigenvalue weighted by atomic mass is 10.1. The summed E-state index contributed by atoms with van der Waals surface area (Å²) in [5, 5.41) is 18.1. The van der Waals surface area contributed by atoms with Gasteiger partial charge in [-0.15, -0.1) is 0 Å². The number of benzene rings is 1. The van der Waals surface area contributed by atoms with Crippen LogP contribution in [-0.2, 0) is 6.61 Å². The molecule has 1 heterocycles. The molecule has 0 amide bonds. The van der Waals surface area contributed by atoms with Crippen LogP contribution in [0.25, 0.3) is 0 Å². The molecule has 2 aliphatic rings. The van der Waals surface area contributed by atoms with Crippen LogP contribution in [0.2, 0.25) is 0 Å². The van der Waals surface area contributed by atoms with E-state index >= 15 is 0 Å². The second-order valence-electron chi connectivity index (χ2n) is 4.90. The summed E-state index contributed by atoms with van der Waals surface area (Å²) in [5.41, 5.74) is 1.19. The maximum absolute atomic E-state index is 14.0. The van der Waals surface area contributed by atoms with Crippen molar-refractivity contribution in [2.24, 2.45) is 11.8 Å². The summed E-state index contributed by atoms with van der Waals surface area (Å²) in [5.74, 6) is 0.992. The molecule has 1 aliphatic carbocycles. The highest BCUT2D eigenvalue weighted by atomic mass is 19.1. The Morgan fingerprint density at radius 3 is 2.71 bits per heavy atom. The number of aliphatic hydroxyl groups is 1. The number of rotatable bonds is 2. The molecule has 4 heteroatoms. The van der Waals surface area contributed by atoms with E-state index in [2.05, 4.69) is 0 Å². The molecular formula is C13H13FN2O. The van der Waals surface area contributed by atoms with Gasteiger partial charge in [-0.1, -0.05) is 0 Å². The van der Waals surface area contributed by atoms with Gasteiger partial charge in [0.2, 0.25) is 0 Å². The molecule has 88 valence electrons. The van der Waals surface area contributed by atoms with Gasteiger partial charge in [0.1, 0.15) is 11.9 Å². The first-order chi connectivity index (χ1) is 8.22. The normalized spacial score (nSPS) is 25.6. The molecule has 2 fully saturated rings. The lowest BCUT2D eigenvalue weighted by Crippen LogP contribution is -2.24. The quantitative estimate of drug-likeness (QED) is 0.843. The largest absolute Gasteiger partial charge is 0.392 e. The molecule has 0 spiro atoms. The smallest absolute Gasteiger partial charge is 0.148 e. The zero-order valence-corrected chi connectivity index (χ0v) is 9.36. The van der Waals surface area contributed by atoms with Crippen molar-refractivity contribution in [3.8, 4) is 6.07 Å². The van der Waals surface area contributed by atoms with Crippen LogP contribution in [0, 0.1) is 29.0 Å². The Morgan fingerprint density at radius 2 is 2.12 bits per heavy atom. The Bertz CT molecular complexity index is 499. The number of piperidine rings is 1. The number of hydrogen-bond donors (Lipinski definition) is 1. The number of fused-ring (bicyclic) bond motifs is 1. The molecule has 1 aliphatic heterocycles. The SMILES string of the molecule is N#Cc1cc(CO)cc(F)c1N1CC2CC2C1. The summed E-state index contributed by atoms with van der Waals surface area (Å²) in [6.07, 6.45) is 1.24. The first-order valence-electron chi connectivity index (χ1n) is 5.81. The Hall–Kier alpha value is -1.60. The van der Waals surface area contributed by atoms with Crippen LogP contribution in [0.5, 0.6) is 0 Å². The Balaban J connectivity index is 2.00. The fourth-order valence-electron chi connectivity index (χ4n) is 2.73. The second kappa shape index (κ2) is 3.71. The van der Waals surface area contributed by atoms with Crippen LogP contribution in [0.15, 0.2) is 12.1 Å². The molecule has 3 rings (SSSR count). The molecule has 1 aromatic carbocycles. The minimum atomic E-state index is -0.394. The standard InChI is InChI=1S/C13H13FN2O/c14-12-2-8(7-17)1-9(4-15)13(12)16-5-10-3-11(10)6-16/h1-2,10-11,17H,3,5-7H2. The van der Waals surface area contributed by atoms with Gasteiger partial charge in [0.15, 0.2) is 0 Å². The summed E-state index contributed by atoms with van der Waals surface area (Å²) in [7, 11) is 0. The maximum Gasteiger partial charge on any atom is 0.148 e. The van der Waals surface area contributed by atoms with Gasteiger partial charge < -0.3 is 10.0 Å². The van der Waals surface area contributed by atoms with E-state index in [1.54, 1.807) is 6.07 Å². The molecule has 17 heavy (non-hydrogen) atoms. The van der Waals surface area contributed by atoms with Crippen molar-refractivity contribution < 1.29 is 9.50 Å². The highest BCUT2D eigenvalue weighted by Gasteiger charge is 2.46. The summed E-state index contributed by atoms with van der Waals surface area (Å²) in [6, 6.07) is 4.92. The van der Waals surface area contributed by atoms with Gasteiger partial charge in [-0.3, -0.25) is 0 Å². The number of aliphatic hydroxyl groups excluding tert-OH is 1. The molecule has 0 radical (unpaired) electrons. The fourth-order valence-corrected chi connectivity index (χ4v) is 2.73. The van der Waals surface area contributed by atoms with E-state index in [9.17, 15) is 4.39 Å². The van der Waals surface area contributed by atoms with E-state index in [0.717, 1.165) is 13.1 Å². The third-order valence-electron chi connectivity index (χ3n) is 3.72. The van der Waals surface area contributed by atoms with Crippen LogP contribution in [0.4, 0.5) is 10.1 Å². The zero-order valence-electron chi connectivity index (χ0n) is 9.36. The van der Waals surface area contributed by atoms with Gasteiger partial charge >= 0.3 is 0 Å². The maximum atomic E-state index is 14.0. The van der Waals surface area contributed by atoms with Gasteiger partial charge in [0.05, 0.1) is 17.9 Å². The third kappa shape index (κ3) is 1.67. The number of nitrogens with zero attached hydrogens (tertiary/aromatic N) is 2. The molecule has 1 N–H and O–H groups in total. The third-order valence-corrected chi connectivity index (χ3v) is 3.72. The molecule has 3 nitrogen and oxygen atoms in total. The minimum absolute atomic E-state index is 0.239. The summed E-state index contributed by atoms with van der Waals surface area (Å²) < 4.78 is 14.0. The van der Waals surface area contributed by atoms with Crippen molar-refractivity contribution in [1.29, 1.82) is 5.26 Å². The van der Waals surface area contributed by atoms with Gasteiger partial charge in [0.25, 0.3) is 0 Å². The highest BCUT2D eigenvalue weighted by molar-refractivity contribution is 5.62. The van der Waals surface area contributed by atoms with E-state index in [0.29, 0.717) is 28.7 Å². The average Bonchev–Trinajstić information content (AvgIpc) is 2.95. The predicted octanol–water partition coefficient (Wildman–Crippen LogP) is 1.65. The van der Waals surface area contributed by atoms with Crippen LogP contribution >= 0.6 is 0 Å². The minimum Gasteiger partial charge on any atom is -0.392 e. The van der Waals surface area contributed by atoms with Crippen LogP contribution in [-0.4, -0.2) is 18.2 Å². The monoisotopic (exact) mass is 232 g/mol. The van der Waals surface area contributed by atoms with E-state index in [1.165, 1.54) is 12.5 Å². The Morgan fingerprint density at radius 1 is 1.41 bits per heavy atom. The van der Waals surface area contributed by atoms with Crippen LogP contribution < -0.4 is 4.90 Å². The summed E-state index contributed by atoms with van der Waals surface area (Å²) in [4.78, 5) is 1.97. The molecule has 2 atom stereocenters. The molecule has 1 saturated heterocycles. The van der Waals surface area contributed by atoms with Gasteiger partial charge in [-0.05, 0) is 36.0 Å². The van der Waals surface area contributed by atoms with Crippen molar-refractivity contribution in [1.82, 2.24) is 0 Å². The van der Waals surface area contributed by atoms with E-state index in [-0.39, 0.29) is 6.61 Å². The average molecular weight is 232 g/mol. The van der Waals surface area contributed by atoms with Crippen LogP contribution in [0.3, 0.4) is 0 Å². The van der Waals surface area contributed by atoms with E-state index in [4.69, 9.17) is 10.4 Å². The fraction of sp³-hybridized carbons (Fsp3) is 0.462. The predicted molar refractivity (Wildman–Crippen MR) is 60.8 cm³/mol. The van der Waals surface area contributed by atoms with Crippen molar-refractivity contribution in [2.75, 3.05) is 18.0 Å². The van der Waals surface area contributed by atoms with Crippen LogP contribution in [0.1, 0.15) is 17.5 Å². The van der Waals surface area contributed by atoms with Crippen molar-refractivity contribution in [3.63, 3.8) is 0 Å². The number of halogens is 1. The van der Waals surface area contributed by atoms with Crippen molar-refractivity contribution in [2.45, 2.75) is 13.0 Å². The van der Waals surface area contributed by atoms with Gasteiger partial charge in [-0.25, -0.2) is 4.39 Å². The van der Waals surface area contributed by atoms with Crippen molar-refractivity contribution >= 4 is 5.69 Å². The first kappa shape index (κ1) is 10.5. The Labute approximate surface area is 99.1 Å². The lowest BCUT2D eigenvalue weighted by molar-refractivity contribution is 0.281. The molecular weight excluding hydrogens is 219 g/mol. The molecule has 1 aromatic rings. The first-order valence-corrected chi connectivity index (χ1v) is 5.81. The molecule has 2 unspecified atom stereocenters. The number of hydrogen-bond acceptors (Lipinski definition) is 3. The van der Waals surface area contributed by atoms with Crippen molar-refractivity contribution in [3.05, 3.63) is 29.1 Å². The van der Waals surface area contributed by atoms with Gasteiger partial charge in [-0.2, -0.15) is 5.26 Å². The Kier molecular flexibility index (Phi) is 2.30.